The van der Waals surface area contributed by atoms with E-state index in [9.17, 15) is 14.9 Å². The van der Waals surface area contributed by atoms with Crippen LogP contribution in [0.2, 0.25) is 0 Å². The number of nitro benzene ring substituents is 1. The van der Waals surface area contributed by atoms with Crippen molar-refractivity contribution in [1.82, 2.24) is 15.0 Å². The molecule has 1 saturated heterocycles. The van der Waals surface area contributed by atoms with Crippen molar-refractivity contribution in [3.05, 3.63) is 51.4 Å². The second kappa shape index (κ2) is 8.94. The number of carbonyl (C=O) groups is 1. The van der Waals surface area contributed by atoms with Gasteiger partial charge >= 0.3 is 0 Å². The molecule has 0 bridgehead atoms. The first kappa shape index (κ1) is 20.0. The van der Waals surface area contributed by atoms with E-state index >= 15 is 0 Å². The molecule has 28 heavy (non-hydrogen) atoms. The average Bonchev–Trinajstić information content (AvgIpc) is 3.07. The minimum absolute atomic E-state index is 0.0101. The summed E-state index contributed by atoms with van der Waals surface area (Å²) in [6.45, 7) is 8.55. The number of carbonyl (C=O) groups excluding carboxylic acids is 1. The molecular weight excluding hydrogens is 362 g/mol. The maximum absolute atomic E-state index is 12.3. The van der Waals surface area contributed by atoms with Crippen LogP contribution in [0.15, 0.2) is 28.8 Å². The predicted molar refractivity (Wildman–Crippen MR) is 104 cm³/mol. The Hall–Kier alpha value is -2.78. The molecule has 1 aliphatic heterocycles. The highest BCUT2D eigenvalue weighted by atomic mass is 16.6. The number of nitrogens with one attached hydrogen (secondary N) is 1. The van der Waals surface area contributed by atoms with Gasteiger partial charge in [-0.05, 0) is 19.9 Å². The third-order valence-electron chi connectivity index (χ3n) is 4.95. The Bertz CT molecular complexity index is 843. The fourth-order valence-electron chi connectivity index (χ4n) is 3.31. The van der Waals surface area contributed by atoms with E-state index in [4.69, 9.17) is 4.52 Å². The van der Waals surface area contributed by atoms with Crippen LogP contribution >= 0.6 is 0 Å². The molecule has 0 unspecified atom stereocenters. The van der Waals surface area contributed by atoms with Crippen molar-refractivity contribution < 1.29 is 14.2 Å². The first-order chi connectivity index (χ1) is 13.4. The molecule has 2 heterocycles. The highest BCUT2D eigenvalue weighted by Crippen LogP contribution is 2.25. The Morgan fingerprint density at radius 2 is 1.96 bits per heavy atom. The number of rotatable bonds is 7. The largest absolute Gasteiger partial charge is 0.360 e. The number of nitrogens with zero attached hydrogens (tertiary/aromatic N) is 4. The van der Waals surface area contributed by atoms with Gasteiger partial charge in [-0.15, -0.1) is 0 Å². The average molecular weight is 387 g/mol. The van der Waals surface area contributed by atoms with Gasteiger partial charge in [0, 0.05) is 51.3 Å². The Balaban J connectivity index is 1.42. The Morgan fingerprint density at radius 1 is 1.25 bits per heavy atom. The molecule has 0 saturated carbocycles. The fraction of sp³-hybridized carbons (Fsp3) is 0.474. The molecule has 1 aromatic heterocycles. The number of hydrogen-bond acceptors (Lipinski definition) is 7. The van der Waals surface area contributed by atoms with E-state index in [0.717, 1.165) is 44.2 Å². The van der Waals surface area contributed by atoms with Crippen LogP contribution in [0, 0.1) is 24.0 Å². The minimum Gasteiger partial charge on any atom is -0.360 e. The lowest BCUT2D eigenvalue weighted by atomic mass is 10.1. The number of hydrogen-bond donors (Lipinski definition) is 1. The third kappa shape index (κ3) is 5.14. The number of anilines is 1. The minimum atomic E-state index is -0.440. The summed E-state index contributed by atoms with van der Waals surface area (Å²) >= 11 is 0. The van der Waals surface area contributed by atoms with Gasteiger partial charge in [0.15, 0.2) is 5.76 Å². The van der Waals surface area contributed by atoms with E-state index in [2.05, 4.69) is 20.3 Å². The van der Waals surface area contributed by atoms with E-state index < -0.39 is 4.92 Å². The number of nitro groups is 1. The summed E-state index contributed by atoms with van der Waals surface area (Å²) in [6.07, 6.45) is 0.351. The Morgan fingerprint density at radius 3 is 2.61 bits per heavy atom. The van der Waals surface area contributed by atoms with Crippen molar-refractivity contribution in [3.8, 4) is 0 Å². The van der Waals surface area contributed by atoms with Gasteiger partial charge in [0.25, 0.3) is 5.69 Å². The zero-order chi connectivity index (χ0) is 20.1. The first-order valence-corrected chi connectivity index (χ1v) is 9.33. The van der Waals surface area contributed by atoms with Gasteiger partial charge in [0.05, 0.1) is 28.4 Å². The van der Waals surface area contributed by atoms with E-state index in [1.807, 2.05) is 13.0 Å². The third-order valence-corrected chi connectivity index (χ3v) is 4.95. The fourth-order valence-corrected chi connectivity index (χ4v) is 3.31. The second-order valence-corrected chi connectivity index (χ2v) is 7.06. The summed E-state index contributed by atoms with van der Waals surface area (Å²) < 4.78 is 5.26. The summed E-state index contributed by atoms with van der Waals surface area (Å²) in [5.74, 6) is 0.737. The van der Waals surface area contributed by atoms with Crippen molar-refractivity contribution in [3.63, 3.8) is 0 Å². The molecule has 1 fully saturated rings. The smallest absolute Gasteiger partial charge is 0.274 e. The lowest BCUT2D eigenvalue weighted by molar-refractivity contribution is -0.385. The molecular formula is C19H25N5O4. The van der Waals surface area contributed by atoms with Gasteiger partial charge in [0.2, 0.25) is 5.91 Å². The number of benzene rings is 1. The maximum Gasteiger partial charge on any atom is 0.274 e. The zero-order valence-electron chi connectivity index (χ0n) is 16.2. The van der Waals surface area contributed by atoms with E-state index in [-0.39, 0.29) is 11.6 Å². The molecule has 0 atom stereocenters. The SMILES string of the molecule is Cc1cc(CN2CCN(CCC(=O)Nc3cccc([N+](=O)[O-])c3C)CC2)on1. The lowest BCUT2D eigenvalue weighted by Crippen LogP contribution is -2.46. The summed E-state index contributed by atoms with van der Waals surface area (Å²) in [5.41, 5.74) is 1.86. The van der Waals surface area contributed by atoms with Gasteiger partial charge in [-0.2, -0.15) is 0 Å². The molecule has 0 spiro atoms. The van der Waals surface area contributed by atoms with Gasteiger partial charge in [-0.1, -0.05) is 11.2 Å². The second-order valence-electron chi connectivity index (χ2n) is 7.06. The van der Waals surface area contributed by atoms with Gasteiger partial charge in [-0.3, -0.25) is 19.8 Å². The Kier molecular flexibility index (Phi) is 6.37. The van der Waals surface area contributed by atoms with Crippen LogP contribution in [0.4, 0.5) is 11.4 Å². The zero-order valence-corrected chi connectivity index (χ0v) is 16.2. The molecule has 2 aromatic rings. The molecule has 1 N–H and O–H groups in total. The van der Waals surface area contributed by atoms with Crippen LogP contribution in [-0.4, -0.2) is 58.5 Å². The van der Waals surface area contributed by atoms with Crippen LogP contribution in [0.3, 0.4) is 0 Å². The van der Waals surface area contributed by atoms with E-state index in [1.54, 1.807) is 19.1 Å². The summed E-state index contributed by atoms with van der Waals surface area (Å²) in [6, 6.07) is 6.65. The molecule has 0 aliphatic carbocycles. The van der Waals surface area contributed by atoms with Crippen molar-refractivity contribution in [2.75, 3.05) is 38.0 Å². The molecule has 0 radical (unpaired) electrons. The summed E-state index contributed by atoms with van der Waals surface area (Å²) in [7, 11) is 0. The van der Waals surface area contributed by atoms with Crippen LogP contribution in [0.5, 0.6) is 0 Å². The number of aromatic nitrogens is 1. The number of amides is 1. The predicted octanol–water partition coefficient (Wildman–Crippen LogP) is 2.35. The molecule has 150 valence electrons. The highest BCUT2D eigenvalue weighted by Gasteiger charge is 2.19. The van der Waals surface area contributed by atoms with Gasteiger partial charge in [-0.25, -0.2) is 0 Å². The summed E-state index contributed by atoms with van der Waals surface area (Å²) in [4.78, 5) is 27.4. The quantitative estimate of drug-likeness (QED) is 0.574. The van der Waals surface area contributed by atoms with E-state index in [1.165, 1.54) is 6.07 Å². The van der Waals surface area contributed by atoms with Crippen LogP contribution in [0.1, 0.15) is 23.4 Å². The van der Waals surface area contributed by atoms with Crippen molar-refractivity contribution in [2.24, 2.45) is 0 Å². The van der Waals surface area contributed by atoms with Gasteiger partial charge < -0.3 is 14.7 Å². The standard InChI is InChI=1S/C19H25N5O4/c1-14-12-16(28-21-14)13-23-10-8-22(9-11-23)7-6-19(25)20-17-4-3-5-18(15(17)2)24(26)27/h3-5,12H,6-11,13H2,1-2H3,(H,20,25). The normalized spacial score (nSPS) is 15.5. The van der Waals surface area contributed by atoms with Crippen LogP contribution < -0.4 is 5.32 Å². The topological polar surface area (TPSA) is 105 Å². The van der Waals surface area contributed by atoms with Gasteiger partial charge in [0.1, 0.15) is 0 Å². The Labute approximate surface area is 163 Å². The van der Waals surface area contributed by atoms with Crippen molar-refractivity contribution >= 4 is 17.3 Å². The molecule has 3 rings (SSSR count). The molecule has 9 nitrogen and oxygen atoms in total. The van der Waals surface area contributed by atoms with Crippen molar-refractivity contribution in [2.45, 2.75) is 26.8 Å². The maximum atomic E-state index is 12.3. The molecule has 9 heteroatoms. The molecule has 1 aliphatic rings. The lowest BCUT2D eigenvalue weighted by Gasteiger charge is -2.33. The number of piperazine rings is 1. The van der Waals surface area contributed by atoms with Crippen molar-refractivity contribution in [1.29, 1.82) is 0 Å². The van der Waals surface area contributed by atoms with E-state index in [0.29, 0.717) is 24.2 Å². The number of aryl methyl sites for hydroxylation is 1. The van der Waals surface area contributed by atoms with Crippen LogP contribution in [0.25, 0.3) is 0 Å². The molecule has 1 aromatic carbocycles. The monoisotopic (exact) mass is 387 g/mol. The first-order valence-electron chi connectivity index (χ1n) is 9.33. The highest BCUT2D eigenvalue weighted by molar-refractivity contribution is 5.92. The van der Waals surface area contributed by atoms with Crippen LogP contribution in [-0.2, 0) is 11.3 Å². The summed E-state index contributed by atoms with van der Waals surface area (Å²) in [5, 5.41) is 17.7. The molecule has 1 amide bonds.